The Hall–Kier alpha value is -0.860. The highest BCUT2D eigenvalue weighted by Gasteiger charge is 2.22. The average Bonchev–Trinajstić information content (AvgIpc) is 2.42. The average molecular weight is 389 g/mol. The molecule has 2 rings (SSSR count). The van der Waals surface area contributed by atoms with Crippen LogP contribution in [0.1, 0.15) is 10.4 Å². The quantitative estimate of drug-likeness (QED) is 0.757. The smallest absolute Gasteiger partial charge is 0.251 e. The van der Waals surface area contributed by atoms with Crippen LogP contribution in [0.2, 0.25) is 0 Å². The van der Waals surface area contributed by atoms with Gasteiger partial charge in [0.25, 0.3) is 5.91 Å². The van der Waals surface area contributed by atoms with E-state index in [0.29, 0.717) is 18.2 Å². The van der Waals surface area contributed by atoms with Gasteiger partial charge >= 0.3 is 0 Å². The number of benzene rings is 1. The van der Waals surface area contributed by atoms with Crippen molar-refractivity contribution in [3.63, 3.8) is 0 Å². The second-order valence-electron chi connectivity index (χ2n) is 5.27. The summed E-state index contributed by atoms with van der Waals surface area (Å²) in [6.07, 6.45) is 0. The van der Waals surface area contributed by atoms with Crippen molar-refractivity contribution in [1.29, 1.82) is 0 Å². The van der Waals surface area contributed by atoms with Gasteiger partial charge in [-0.2, -0.15) is 0 Å². The predicted molar refractivity (Wildman–Crippen MR) is 87.1 cm³/mol. The van der Waals surface area contributed by atoms with Crippen LogP contribution in [0.3, 0.4) is 0 Å². The molecule has 2 N–H and O–H groups in total. The number of aromatic hydroxyl groups is 1. The monoisotopic (exact) mass is 389 g/mol. The summed E-state index contributed by atoms with van der Waals surface area (Å²) in [7, 11) is 4.18. The van der Waals surface area contributed by atoms with Crippen LogP contribution in [0.4, 0.5) is 0 Å². The highest BCUT2D eigenvalue weighted by Crippen LogP contribution is 2.20. The number of phenolic OH excluding ortho intramolecular Hbond substituents is 1. The first-order valence-corrected chi connectivity index (χ1v) is 7.70. The molecule has 1 amide bonds. The van der Waals surface area contributed by atoms with Crippen LogP contribution in [0.15, 0.2) is 18.2 Å². The zero-order chi connectivity index (χ0) is 14.7. The van der Waals surface area contributed by atoms with Crippen LogP contribution < -0.4 is 5.32 Å². The van der Waals surface area contributed by atoms with Gasteiger partial charge in [0.2, 0.25) is 0 Å². The van der Waals surface area contributed by atoms with E-state index in [-0.39, 0.29) is 11.7 Å². The Bertz CT molecular complexity index is 495. The van der Waals surface area contributed by atoms with E-state index in [9.17, 15) is 9.90 Å². The first-order valence-electron chi connectivity index (χ1n) is 6.63. The number of likely N-dealkylation sites (N-methyl/N-ethyl adjacent to an activating group) is 2. The van der Waals surface area contributed by atoms with Gasteiger partial charge in [0.05, 0.1) is 3.57 Å². The molecule has 1 saturated heterocycles. The standard InChI is InChI=1S/C14H20IN3O2/c1-17-5-6-18(2)11(9-17)8-16-14(20)10-3-4-12(15)13(19)7-10/h3-4,7,11,19H,5-6,8-9H2,1-2H3,(H,16,20). The molecule has 1 aliphatic rings. The van der Waals surface area contributed by atoms with Crippen molar-refractivity contribution in [2.45, 2.75) is 6.04 Å². The van der Waals surface area contributed by atoms with Crippen molar-refractivity contribution in [2.24, 2.45) is 0 Å². The van der Waals surface area contributed by atoms with Crippen molar-refractivity contribution in [1.82, 2.24) is 15.1 Å². The maximum Gasteiger partial charge on any atom is 0.251 e. The van der Waals surface area contributed by atoms with Crippen LogP contribution in [0, 0.1) is 3.57 Å². The van der Waals surface area contributed by atoms with Crippen molar-refractivity contribution in [3.8, 4) is 5.75 Å². The molecule has 0 aliphatic carbocycles. The Labute approximate surface area is 133 Å². The number of rotatable bonds is 3. The van der Waals surface area contributed by atoms with Crippen molar-refractivity contribution < 1.29 is 9.90 Å². The highest BCUT2D eigenvalue weighted by molar-refractivity contribution is 14.1. The lowest BCUT2D eigenvalue weighted by molar-refractivity contribution is 0.0881. The molecule has 0 radical (unpaired) electrons. The minimum Gasteiger partial charge on any atom is -0.507 e. The van der Waals surface area contributed by atoms with Crippen LogP contribution in [0.5, 0.6) is 5.75 Å². The minimum atomic E-state index is -0.140. The van der Waals surface area contributed by atoms with Crippen LogP contribution >= 0.6 is 22.6 Å². The third-order valence-corrected chi connectivity index (χ3v) is 4.60. The molecule has 0 aromatic heterocycles. The molecular weight excluding hydrogens is 369 g/mol. The molecule has 1 unspecified atom stereocenters. The van der Waals surface area contributed by atoms with Crippen LogP contribution in [0.25, 0.3) is 0 Å². The fourth-order valence-corrected chi connectivity index (χ4v) is 2.62. The number of carbonyl (C=O) groups is 1. The van der Waals surface area contributed by atoms with Gasteiger partial charge in [0.1, 0.15) is 5.75 Å². The summed E-state index contributed by atoms with van der Waals surface area (Å²) < 4.78 is 0.743. The molecule has 110 valence electrons. The molecule has 20 heavy (non-hydrogen) atoms. The third kappa shape index (κ3) is 3.83. The highest BCUT2D eigenvalue weighted by atomic mass is 127. The minimum absolute atomic E-state index is 0.140. The van der Waals surface area contributed by atoms with Crippen molar-refractivity contribution in [3.05, 3.63) is 27.3 Å². The molecule has 1 aromatic carbocycles. The Morgan fingerprint density at radius 2 is 2.20 bits per heavy atom. The summed E-state index contributed by atoms with van der Waals surface area (Å²) in [6, 6.07) is 5.31. The maximum absolute atomic E-state index is 12.1. The number of carbonyl (C=O) groups excluding carboxylic acids is 1. The lowest BCUT2D eigenvalue weighted by atomic mass is 10.1. The zero-order valence-electron chi connectivity index (χ0n) is 11.8. The van der Waals surface area contributed by atoms with E-state index in [1.165, 1.54) is 6.07 Å². The Balaban J connectivity index is 1.92. The molecule has 1 aliphatic heterocycles. The normalized spacial score (nSPS) is 20.9. The fourth-order valence-electron chi connectivity index (χ4n) is 2.29. The second kappa shape index (κ2) is 6.73. The summed E-state index contributed by atoms with van der Waals surface area (Å²) in [5, 5.41) is 12.6. The third-order valence-electron chi connectivity index (χ3n) is 3.69. The Morgan fingerprint density at radius 3 is 2.90 bits per heavy atom. The van der Waals surface area contributed by atoms with E-state index >= 15 is 0 Å². The molecule has 6 heteroatoms. The van der Waals surface area contributed by atoms with E-state index in [0.717, 1.165) is 23.2 Å². The van der Waals surface area contributed by atoms with Gasteiger partial charge in [-0.25, -0.2) is 0 Å². The Morgan fingerprint density at radius 1 is 1.45 bits per heavy atom. The van der Waals surface area contributed by atoms with E-state index in [4.69, 9.17) is 0 Å². The fraction of sp³-hybridized carbons (Fsp3) is 0.500. The molecular formula is C14H20IN3O2. The predicted octanol–water partition coefficient (Wildman–Crippen LogP) is 0.972. The number of nitrogens with zero attached hydrogens (tertiary/aromatic N) is 2. The zero-order valence-corrected chi connectivity index (χ0v) is 13.9. The van der Waals surface area contributed by atoms with Gasteiger partial charge in [-0.15, -0.1) is 0 Å². The lowest BCUT2D eigenvalue weighted by Crippen LogP contribution is -2.54. The van der Waals surface area contributed by atoms with E-state index < -0.39 is 0 Å². The van der Waals surface area contributed by atoms with Crippen LogP contribution in [-0.2, 0) is 0 Å². The molecule has 1 aromatic rings. The summed E-state index contributed by atoms with van der Waals surface area (Å²) in [6.45, 7) is 3.65. The topological polar surface area (TPSA) is 55.8 Å². The number of halogens is 1. The number of nitrogens with one attached hydrogen (secondary N) is 1. The molecule has 0 bridgehead atoms. The molecule has 1 heterocycles. The summed E-state index contributed by atoms with van der Waals surface area (Å²) in [5.41, 5.74) is 0.495. The first-order chi connectivity index (χ1) is 9.47. The second-order valence-corrected chi connectivity index (χ2v) is 6.44. The van der Waals surface area contributed by atoms with Gasteiger partial charge in [-0.1, -0.05) is 0 Å². The largest absolute Gasteiger partial charge is 0.507 e. The van der Waals surface area contributed by atoms with E-state index in [1.807, 2.05) is 22.6 Å². The van der Waals surface area contributed by atoms with E-state index in [2.05, 4.69) is 29.2 Å². The molecule has 5 nitrogen and oxygen atoms in total. The van der Waals surface area contributed by atoms with E-state index in [1.54, 1.807) is 12.1 Å². The number of phenols is 1. The van der Waals surface area contributed by atoms with Crippen molar-refractivity contribution >= 4 is 28.5 Å². The number of piperazine rings is 1. The number of hydrogen-bond acceptors (Lipinski definition) is 4. The van der Waals surface area contributed by atoms with Crippen LogP contribution in [-0.4, -0.2) is 67.1 Å². The SMILES string of the molecule is CN1CCN(C)C(CNC(=O)c2ccc(I)c(O)c2)C1. The number of hydrogen-bond donors (Lipinski definition) is 2. The first kappa shape index (κ1) is 15.5. The molecule has 1 fully saturated rings. The van der Waals surface area contributed by atoms with Gasteiger partial charge in [0, 0.05) is 37.8 Å². The van der Waals surface area contributed by atoms with Gasteiger partial charge in [-0.05, 0) is 54.9 Å². The summed E-state index contributed by atoms with van der Waals surface area (Å²) in [4.78, 5) is 16.6. The number of amides is 1. The molecule has 0 spiro atoms. The summed E-state index contributed by atoms with van der Waals surface area (Å²) >= 11 is 2.03. The summed E-state index contributed by atoms with van der Waals surface area (Å²) in [5.74, 6) is 0.00564. The maximum atomic E-state index is 12.1. The Kier molecular flexibility index (Phi) is 5.22. The van der Waals surface area contributed by atoms with Gasteiger partial charge in [-0.3, -0.25) is 9.69 Å². The molecule has 1 atom stereocenters. The van der Waals surface area contributed by atoms with Crippen molar-refractivity contribution in [2.75, 3.05) is 40.3 Å². The lowest BCUT2D eigenvalue weighted by Gasteiger charge is -2.37. The van der Waals surface area contributed by atoms with Gasteiger partial charge in [0.15, 0.2) is 0 Å². The molecule has 0 saturated carbocycles. The van der Waals surface area contributed by atoms with Gasteiger partial charge < -0.3 is 15.3 Å².